The van der Waals surface area contributed by atoms with E-state index in [2.05, 4.69) is 4.99 Å². The van der Waals surface area contributed by atoms with E-state index < -0.39 is 60.5 Å². The predicted octanol–water partition coefficient (Wildman–Crippen LogP) is 2.26. The number of guanidine groups is 1. The summed E-state index contributed by atoms with van der Waals surface area (Å²) in [5.41, 5.74) is 4.85. The molecular formula is C22H20F4N4O3. The van der Waals surface area contributed by atoms with Crippen molar-refractivity contribution in [1.29, 1.82) is 0 Å². The number of halogens is 4. The highest BCUT2D eigenvalue weighted by Crippen LogP contribution is 2.34. The number of carbonyl (C=O) groups is 2. The van der Waals surface area contributed by atoms with Gasteiger partial charge in [-0.15, -0.1) is 0 Å². The number of aliphatic hydroxyl groups excluding tert-OH is 1. The third kappa shape index (κ3) is 4.40. The molecule has 2 amide bonds. The minimum absolute atomic E-state index is 0.0930. The lowest BCUT2D eigenvalue weighted by atomic mass is 10.0. The van der Waals surface area contributed by atoms with Crippen molar-refractivity contribution in [2.24, 2.45) is 10.7 Å². The van der Waals surface area contributed by atoms with Crippen molar-refractivity contribution in [3.8, 4) is 0 Å². The number of rotatable bonds is 4. The number of nitrogens with zero attached hydrogens (tertiary/aromatic N) is 3. The fourth-order valence-corrected chi connectivity index (χ4v) is 3.91. The van der Waals surface area contributed by atoms with E-state index in [1.54, 1.807) is 30.3 Å². The molecule has 2 aliphatic rings. The Morgan fingerprint density at radius 2 is 1.85 bits per heavy atom. The molecule has 7 nitrogen and oxygen atoms in total. The van der Waals surface area contributed by atoms with Gasteiger partial charge in [0.25, 0.3) is 11.8 Å². The largest absolute Gasteiger partial charge is 0.417 e. The highest BCUT2D eigenvalue weighted by atomic mass is 19.4. The van der Waals surface area contributed by atoms with Crippen molar-refractivity contribution >= 4 is 17.8 Å². The number of likely N-dealkylation sites (tertiary alicyclic amines) is 1. The Bertz CT molecular complexity index is 1100. The summed E-state index contributed by atoms with van der Waals surface area (Å²) in [6, 6.07) is 10.7. The number of benzene rings is 2. The van der Waals surface area contributed by atoms with Gasteiger partial charge in [0, 0.05) is 6.54 Å². The molecule has 1 fully saturated rings. The lowest BCUT2D eigenvalue weighted by Gasteiger charge is -2.21. The van der Waals surface area contributed by atoms with Gasteiger partial charge in [-0.3, -0.25) is 14.5 Å². The molecule has 4 rings (SSSR count). The van der Waals surface area contributed by atoms with Crippen molar-refractivity contribution in [2.75, 3.05) is 13.1 Å². The van der Waals surface area contributed by atoms with E-state index in [0.717, 1.165) is 28.0 Å². The molecule has 3 unspecified atom stereocenters. The van der Waals surface area contributed by atoms with E-state index in [4.69, 9.17) is 5.73 Å². The summed E-state index contributed by atoms with van der Waals surface area (Å²) >= 11 is 0. The van der Waals surface area contributed by atoms with Gasteiger partial charge in [-0.2, -0.15) is 13.2 Å². The summed E-state index contributed by atoms with van der Waals surface area (Å²) in [7, 11) is 0. The van der Waals surface area contributed by atoms with E-state index in [0.29, 0.717) is 5.56 Å². The van der Waals surface area contributed by atoms with E-state index >= 15 is 0 Å². The molecular weight excluding hydrogens is 444 g/mol. The third-order valence-corrected chi connectivity index (χ3v) is 5.62. The Kier molecular flexibility index (Phi) is 5.83. The molecule has 2 heterocycles. The van der Waals surface area contributed by atoms with Crippen LogP contribution in [0.1, 0.15) is 33.1 Å². The number of amides is 2. The molecule has 0 bridgehead atoms. The van der Waals surface area contributed by atoms with Crippen LogP contribution in [0.25, 0.3) is 0 Å². The van der Waals surface area contributed by atoms with Crippen LogP contribution in [0, 0.1) is 0 Å². The van der Waals surface area contributed by atoms with Gasteiger partial charge < -0.3 is 15.7 Å². The van der Waals surface area contributed by atoms with Crippen molar-refractivity contribution in [1.82, 2.24) is 9.80 Å². The molecule has 3 atom stereocenters. The van der Waals surface area contributed by atoms with Gasteiger partial charge >= 0.3 is 6.18 Å². The highest BCUT2D eigenvalue weighted by Gasteiger charge is 2.40. The second-order valence-corrected chi connectivity index (χ2v) is 7.90. The Morgan fingerprint density at radius 3 is 2.45 bits per heavy atom. The summed E-state index contributed by atoms with van der Waals surface area (Å²) in [6.07, 6.45) is -8.03. The minimum atomic E-state index is -4.83. The maximum absolute atomic E-state index is 13.7. The molecule has 0 saturated carbocycles. The Hall–Kier alpha value is -3.47. The predicted molar refractivity (Wildman–Crippen MR) is 110 cm³/mol. The van der Waals surface area contributed by atoms with E-state index in [1.165, 1.54) is 0 Å². The molecule has 2 aliphatic heterocycles. The molecule has 3 N–H and O–H groups in total. The van der Waals surface area contributed by atoms with E-state index in [-0.39, 0.29) is 18.1 Å². The van der Waals surface area contributed by atoms with Crippen molar-refractivity contribution in [3.63, 3.8) is 0 Å². The number of β-amino-alcohol motifs (C(OH)–C–C–N with tert-alkyl or cyclic N) is 1. The lowest BCUT2D eigenvalue weighted by Crippen LogP contribution is -2.37. The monoisotopic (exact) mass is 464 g/mol. The second kappa shape index (κ2) is 8.47. The topological polar surface area (TPSA) is 99.2 Å². The van der Waals surface area contributed by atoms with Gasteiger partial charge in [0.05, 0.1) is 24.2 Å². The Labute approximate surface area is 186 Å². The molecule has 174 valence electrons. The number of alkyl halides is 4. The van der Waals surface area contributed by atoms with Crippen LogP contribution in [0.3, 0.4) is 0 Å². The van der Waals surface area contributed by atoms with Crippen LogP contribution in [0.4, 0.5) is 17.6 Å². The molecule has 0 radical (unpaired) electrons. The number of hydrogen-bond acceptors (Lipinski definition) is 5. The maximum atomic E-state index is 13.7. The standard InChI is InChI=1S/C22H20F4N4O3/c23-16-10-29(11-17(16)31)19(32)14-8-12(6-7-15(14)22(24,25)26)9-30-20(33)18(28-21(30)27)13-4-2-1-3-5-13/h1-8,16-18,31H,9-11H2,(H2,27,28). The summed E-state index contributed by atoms with van der Waals surface area (Å²) in [4.78, 5) is 31.8. The van der Waals surface area contributed by atoms with Crippen LogP contribution < -0.4 is 5.73 Å². The van der Waals surface area contributed by atoms with Gasteiger partial charge in [0.1, 0.15) is 12.3 Å². The van der Waals surface area contributed by atoms with E-state index in [1.807, 2.05) is 0 Å². The van der Waals surface area contributed by atoms with Crippen LogP contribution in [-0.2, 0) is 17.5 Å². The van der Waals surface area contributed by atoms with Gasteiger partial charge in [0.15, 0.2) is 12.0 Å². The number of carbonyl (C=O) groups excluding carboxylic acids is 2. The fourth-order valence-electron chi connectivity index (χ4n) is 3.91. The zero-order chi connectivity index (χ0) is 23.9. The Morgan fingerprint density at radius 1 is 1.15 bits per heavy atom. The zero-order valence-corrected chi connectivity index (χ0v) is 17.2. The summed E-state index contributed by atoms with van der Waals surface area (Å²) in [5.74, 6) is -1.60. The number of aliphatic imine (C=N–C) groups is 1. The molecule has 2 aromatic rings. The normalized spacial score (nSPS) is 23.2. The van der Waals surface area contributed by atoms with Gasteiger partial charge in [-0.1, -0.05) is 36.4 Å². The number of hydrogen-bond donors (Lipinski definition) is 2. The number of nitrogens with two attached hydrogens (primary N) is 1. The highest BCUT2D eigenvalue weighted by molar-refractivity contribution is 6.04. The average molecular weight is 464 g/mol. The zero-order valence-electron chi connectivity index (χ0n) is 17.2. The van der Waals surface area contributed by atoms with Crippen LogP contribution >= 0.6 is 0 Å². The van der Waals surface area contributed by atoms with Crippen LogP contribution in [-0.4, -0.2) is 58.0 Å². The molecule has 2 aromatic carbocycles. The van der Waals surface area contributed by atoms with Gasteiger partial charge in [-0.25, -0.2) is 9.38 Å². The van der Waals surface area contributed by atoms with Gasteiger partial charge in [0.2, 0.25) is 0 Å². The summed E-state index contributed by atoms with van der Waals surface area (Å²) in [6.45, 7) is -1.13. The molecule has 0 aromatic heterocycles. The Balaban J connectivity index is 1.62. The first-order chi connectivity index (χ1) is 15.6. The van der Waals surface area contributed by atoms with Crippen molar-refractivity contribution < 1.29 is 32.3 Å². The van der Waals surface area contributed by atoms with Crippen LogP contribution in [0.15, 0.2) is 53.5 Å². The first-order valence-electron chi connectivity index (χ1n) is 10.1. The first kappa shape index (κ1) is 22.7. The maximum Gasteiger partial charge on any atom is 0.417 e. The summed E-state index contributed by atoms with van der Waals surface area (Å²) in [5, 5.41) is 9.55. The third-order valence-electron chi connectivity index (χ3n) is 5.62. The molecule has 1 saturated heterocycles. The summed E-state index contributed by atoms with van der Waals surface area (Å²) < 4.78 is 54.3. The van der Waals surface area contributed by atoms with Crippen LogP contribution in [0.2, 0.25) is 0 Å². The fraction of sp³-hybridized carbons (Fsp3) is 0.318. The first-order valence-corrected chi connectivity index (χ1v) is 10.1. The average Bonchev–Trinajstić information content (AvgIpc) is 3.26. The lowest BCUT2D eigenvalue weighted by molar-refractivity contribution is -0.138. The molecule has 33 heavy (non-hydrogen) atoms. The van der Waals surface area contributed by atoms with Gasteiger partial charge in [-0.05, 0) is 23.3 Å². The molecule has 0 aliphatic carbocycles. The van der Waals surface area contributed by atoms with Crippen LogP contribution in [0.5, 0.6) is 0 Å². The van der Waals surface area contributed by atoms with Crippen molar-refractivity contribution in [3.05, 3.63) is 70.8 Å². The second-order valence-electron chi connectivity index (χ2n) is 7.90. The minimum Gasteiger partial charge on any atom is -0.388 e. The molecule has 11 heteroatoms. The molecule has 0 spiro atoms. The SMILES string of the molecule is NC1=NC(c2ccccc2)C(=O)N1Cc1ccc(C(F)(F)F)c(C(=O)N2CC(O)C(F)C2)c1. The quantitative estimate of drug-likeness (QED) is 0.679. The number of aliphatic hydroxyl groups is 1. The van der Waals surface area contributed by atoms with Crippen molar-refractivity contribution in [2.45, 2.75) is 31.0 Å². The smallest absolute Gasteiger partial charge is 0.388 e. The van der Waals surface area contributed by atoms with E-state index in [9.17, 15) is 32.3 Å².